The fraction of sp³-hybridized carbons (Fsp3) is 0.167. The van der Waals surface area contributed by atoms with E-state index in [2.05, 4.69) is 37.4 Å². The van der Waals surface area contributed by atoms with E-state index in [9.17, 15) is 4.79 Å². The zero-order valence-corrected chi connectivity index (χ0v) is 15.6. The number of amides is 1. The van der Waals surface area contributed by atoms with E-state index in [1.54, 1.807) is 0 Å². The lowest BCUT2D eigenvalue weighted by Gasteiger charge is -2.29. The number of nitrogens with one attached hydrogen (secondary N) is 1. The molecule has 0 bridgehead atoms. The molecule has 2 aromatic rings. The summed E-state index contributed by atoms with van der Waals surface area (Å²) in [4.78, 5) is 16.9. The highest BCUT2D eigenvalue weighted by atomic mass is 79.9. The molecular weight excluding hydrogens is 400 g/mol. The van der Waals surface area contributed by atoms with Crippen LogP contribution in [-0.2, 0) is 4.79 Å². The van der Waals surface area contributed by atoms with Crippen molar-refractivity contribution >= 4 is 56.4 Å². The normalized spacial score (nSPS) is 17.7. The molecule has 1 unspecified atom stereocenters. The minimum atomic E-state index is -0.0654. The van der Waals surface area contributed by atoms with Crippen LogP contribution in [0.4, 0.5) is 11.4 Å². The third-order valence-corrected chi connectivity index (χ3v) is 5.41. The highest BCUT2D eigenvalue weighted by molar-refractivity contribution is 9.10. The SMILES string of the molecule is O=C(CSC1=Nc2ccccc2C2CC=NN12)Nc1cccc(Br)c1. The maximum Gasteiger partial charge on any atom is 0.234 e. The van der Waals surface area contributed by atoms with Crippen LogP contribution in [0.25, 0.3) is 0 Å². The van der Waals surface area contributed by atoms with Crippen molar-refractivity contribution in [1.82, 2.24) is 5.01 Å². The number of hydrogen-bond donors (Lipinski definition) is 1. The van der Waals surface area contributed by atoms with E-state index < -0.39 is 0 Å². The van der Waals surface area contributed by atoms with Crippen molar-refractivity contribution in [3.05, 3.63) is 58.6 Å². The molecule has 0 fully saturated rings. The molecular formula is C18H15BrN4OS. The number of hydrazone groups is 1. The Bertz CT molecular complexity index is 883. The topological polar surface area (TPSA) is 57.1 Å². The maximum absolute atomic E-state index is 12.2. The molecule has 1 N–H and O–H groups in total. The second-order valence-electron chi connectivity index (χ2n) is 5.69. The molecule has 2 aliphatic rings. The minimum absolute atomic E-state index is 0.0654. The molecule has 1 amide bonds. The Labute approximate surface area is 158 Å². The Balaban J connectivity index is 1.46. The second kappa shape index (κ2) is 7.01. The first-order chi connectivity index (χ1) is 12.2. The zero-order chi connectivity index (χ0) is 17.2. The van der Waals surface area contributed by atoms with Crippen LogP contribution in [0.2, 0.25) is 0 Å². The lowest BCUT2D eigenvalue weighted by molar-refractivity contribution is -0.113. The molecule has 2 aliphatic heterocycles. The van der Waals surface area contributed by atoms with Gasteiger partial charge < -0.3 is 5.32 Å². The number of rotatable bonds is 3. The van der Waals surface area contributed by atoms with Gasteiger partial charge in [0, 0.05) is 28.4 Å². The molecule has 0 saturated carbocycles. The van der Waals surface area contributed by atoms with Crippen LogP contribution in [0.1, 0.15) is 18.0 Å². The van der Waals surface area contributed by atoms with Gasteiger partial charge in [-0.1, -0.05) is 52.0 Å². The standard InChI is InChI=1S/C18H15BrN4OS/c19-12-4-3-5-13(10-12)21-17(24)11-25-18-22-15-7-2-1-6-14(15)16-8-9-20-23(16)18/h1-7,9-10,16H,8,11H2,(H,21,24). The quantitative estimate of drug-likeness (QED) is 0.800. The number of carbonyl (C=O) groups excluding carboxylic acids is 1. The second-order valence-corrected chi connectivity index (χ2v) is 7.55. The third-order valence-electron chi connectivity index (χ3n) is 3.98. The number of aliphatic imine (C=N–C) groups is 1. The molecule has 126 valence electrons. The monoisotopic (exact) mass is 414 g/mol. The summed E-state index contributed by atoms with van der Waals surface area (Å²) in [5.41, 5.74) is 2.92. The summed E-state index contributed by atoms with van der Waals surface area (Å²) in [7, 11) is 0. The van der Waals surface area contributed by atoms with E-state index in [0.29, 0.717) is 0 Å². The van der Waals surface area contributed by atoms with E-state index >= 15 is 0 Å². The van der Waals surface area contributed by atoms with Crippen molar-refractivity contribution in [3.8, 4) is 0 Å². The van der Waals surface area contributed by atoms with Gasteiger partial charge in [0.05, 0.1) is 17.5 Å². The average molecular weight is 415 g/mol. The fourth-order valence-electron chi connectivity index (χ4n) is 2.87. The summed E-state index contributed by atoms with van der Waals surface area (Å²) in [6.07, 6.45) is 2.77. The van der Waals surface area contributed by atoms with Gasteiger partial charge in [0.1, 0.15) is 0 Å². The minimum Gasteiger partial charge on any atom is -0.325 e. The lowest BCUT2D eigenvalue weighted by Crippen LogP contribution is -2.29. The first-order valence-corrected chi connectivity index (χ1v) is 9.66. The number of para-hydroxylation sites is 1. The van der Waals surface area contributed by atoms with Crippen LogP contribution < -0.4 is 5.32 Å². The highest BCUT2D eigenvalue weighted by Gasteiger charge is 2.32. The molecule has 7 heteroatoms. The van der Waals surface area contributed by atoms with Gasteiger partial charge in [0.2, 0.25) is 5.91 Å². The maximum atomic E-state index is 12.2. The Morgan fingerprint density at radius 2 is 2.16 bits per heavy atom. The number of amidine groups is 1. The summed E-state index contributed by atoms with van der Waals surface area (Å²) in [6, 6.07) is 15.8. The number of halogens is 1. The summed E-state index contributed by atoms with van der Waals surface area (Å²) in [6.45, 7) is 0. The van der Waals surface area contributed by atoms with Gasteiger partial charge in [-0.3, -0.25) is 4.79 Å². The first kappa shape index (κ1) is 16.4. The molecule has 0 spiro atoms. The van der Waals surface area contributed by atoms with E-state index in [1.807, 2.05) is 53.7 Å². The fourth-order valence-corrected chi connectivity index (χ4v) is 4.08. The Morgan fingerprint density at radius 3 is 3.04 bits per heavy atom. The Morgan fingerprint density at radius 1 is 1.28 bits per heavy atom. The van der Waals surface area contributed by atoms with Gasteiger partial charge in [-0.2, -0.15) is 5.10 Å². The Kier molecular flexibility index (Phi) is 4.59. The number of thioether (sulfide) groups is 1. The van der Waals surface area contributed by atoms with Gasteiger partial charge in [0.15, 0.2) is 5.17 Å². The lowest BCUT2D eigenvalue weighted by atomic mass is 10.0. The van der Waals surface area contributed by atoms with E-state index in [0.717, 1.165) is 27.4 Å². The number of hydrogen-bond acceptors (Lipinski definition) is 5. The highest BCUT2D eigenvalue weighted by Crippen LogP contribution is 2.40. The van der Waals surface area contributed by atoms with Gasteiger partial charge in [-0.25, -0.2) is 10.0 Å². The Hall–Kier alpha value is -2.12. The third kappa shape index (κ3) is 3.48. The molecule has 5 nitrogen and oxygen atoms in total. The molecule has 0 saturated heterocycles. The summed E-state index contributed by atoms with van der Waals surface area (Å²) >= 11 is 4.81. The van der Waals surface area contributed by atoms with Crippen molar-refractivity contribution in [2.75, 3.05) is 11.1 Å². The van der Waals surface area contributed by atoms with E-state index in [-0.39, 0.29) is 17.7 Å². The number of nitrogens with zero attached hydrogens (tertiary/aromatic N) is 3. The van der Waals surface area contributed by atoms with Crippen LogP contribution in [0.3, 0.4) is 0 Å². The first-order valence-electron chi connectivity index (χ1n) is 7.88. The molecule has 2 aromatic carbocycles. The average Bonchev–Trinajstić information content (AvgIpc) is 3.10. The number of fused-ring (bicyclic) bond motifs is 3. The summed E-state index contributed by atoms with van der Waals surface area (Å²) in [5, 5.41) is 10.0. The van der Waals surface area contributed by atoms with Crippen molar-refractivity contribution in [2.24, 2.45) is 10.1 Å². The molecule has 1 atom stereocenters. The number of anilines is 1. The van der Waals surface area contributed by atoms with Crippen LogP contribution >= 0.6 is 27.7 Å². The molecule has 0 aromatic heterocycles. The predicted molar refractivity (Wildman–Crippen MR) is 106 cm³/mol. The van der Waals surface area contributed by atoms with E-state index in [4.69, 9.17) is 0 Å². The largest absolute Gasteiger partial charge is 0.325 e. The van der Waals surface area contributed by atoms with Crippen molar-refractivity contribution in [2.45, 2.75) is 12.5 Å². The van der Waals surface area contributed by atoms with Gasteiger partial charge in [0.25, 0.3) is 0 Å². The van der Waals surface area contributed by atoms with Gasteiger partial charge >= 0.3 is 0 Å². The van der Waals surface area contributed by atoms with Crippen molar-refractivity contribution in [3.63, 3.8) is 0 Å². The summed E-state index contributed by atoms with van der Waals surface area (Å²) in [5.74, 6) is 0.219. The van der Waals surface area contributed by atoms with Crippen molar-refractivity contribution < 1.29 is 4.79 Å². The molecule has 25 heavy (non-hydrogen) atoms. The zero-order valence-electron chi connectivity index (χ0n) is 13.2. The summed E-state index contributed by atoms with van der Waals surface area (Å²) < 4.78 is 0.931. The van der Waals surface area contributed by atoms with Crippen LogP contribution in [0.15, 0.2) is 63.1 Å². The smallest absolute Gasteiger partial charge is 0.234 e. The van der Waals surface area contributed by atoms with Gasteiger partial charge in [-0.05, 0) is 24.3 Å². The molecule has 4 rings (SSSR count). The van der Waals surface area contributed by atoms with Crippen LogP contribution in [-0.4, -0.2) is 28.1 Å². The van der Waals surface area contributed by atoms with Crippen LogP contribution in [0.5, 0.6) is 0 Å². The number of carbonyl (C=O) groups is 1. The number of benzene rings is 2. The molecule has 0 aliphatic carbocycles. The predicted octanol–water partition coefficient (Wildman–Crippen LogP) is 4.55. The molecule has 2 heterocycles. The van der Waals surface area contributed by atoms with Gasteiger partial charge in [-0.15, -0.1) is 0 Å². The molecule has 0 radical (unpaired) electrons. The van der Waals surface area contributed by atoms with Crippen molar-refractivity contribution in [1.29, 1.82) is 0 Å². The van der Waals surface area contributed by atoms with E-state index in [1.165, 1.54) is 17.3 Å². The van der Waals surface area contributed by atoms with Crippen LogP contribution in [0, 0.1) is 0 Å².